The van der Waals surface area contributed by atoms with Crippen LogP contribution in [-0.2, 0) is 6.54 Å². The standard InChI is InChI=1S/C13H21FN2/c1-2-8-16(9-4-7-14)11-12-5-3-6-13(15)10-12/h3,5-6,10H,2,4,7-9,11,15H2,1H3. The van der Waals surface area contributed by atoms with Crippen LogP contribution in [-0.4, -0.2) is 24.7 Å². The first kappa shape index (κ1) is 13.0. The van der Waals surface area contributed by atoms with Crippen LogP contribution in [0.2, 0.25) is 0 Å². The Morgan fingerprint density at radius 2 is 2.12 bits per heavy atom. The zero-order valence-electron chi connectivity index (χ0n) is 9.95. The average molecular weight is 224 g/mol. The fourth-order valence-corrected chi connectivity index (χ4v) is 1.82. The molecule has 0 radical (unpaired) electrons. The van der Waals surface area contributed by atoms with E-state index in [1.807, 2.05) is 18.2 Å². The number of halogens is 1. The molecular weight excluding hydrogens is 203 g/mol. The van der Waals surface area contributed by atoms with Gasteiger partial charge in [0.15, 0.2) is 0 Å². The summed E-state index contributed by atoms with van der Waals surface area (Å²) in [5.74, 6) is 0. The molecule has 16 heavy (non-hydrogen) atoms. The van der Waals surface area contributed by atoms with Crippen molar-refractivity contribution in [3.8, 4) is 0 Å². The lowest BCUT2D eigenvalue weighted by Gasteiger charge is -2.21. The van der Waals surface area contributed by atoms with Crippen LogP contribution in [0, 0.1) is 0 Å². The van der Waals surface area contributed by atoms with Gasteiger partial charge in [-0.1, -0.05) is 19.1 Å². The Hall–Kier alpha value is -1.09. The van der Waals surface area contributed by atoms with Crippen LogP contribution >= 0.6 is 0 Å². The van der Waals surface area contributed by atoms with Crippen molar-refractivity contribution >= 4 is 5.69 Å². The molecule has 3 heteroatoms. The van der Waals surface area contributed by atoms with E-state index >= 15 is 0 Å². The first-order valence-corrected chi connectivity index (χ1v) is 5.89. The van der Waals surface area contributed by atoms with Crippen LogP contribution in [0.25, 0.3) is 0 Å². The molecular formula is C13H21FN2. The van der Waals surface area contributed by atoms with Gasteiger partial charge in [-0.3, -0.25) is 9.29 Å². The van der Waals surface area contributed by atoms with Gasteiger partial charge in [-0.2, -0.15) is 0 Å². The molecule has 1 aromatic rings. The second kappa shape index (κ2) is 7.23. The van der Waals surface area contributed by atoms with Crippen LogP contribution < -0.4 is 5.73 Å². The van der Waals surface area contributed by atoms with Gasteiger partial charge in [0.05, 0.1) is 6.67 Å². The Labute approximate surface area is 97.3 Å². The summed E-state index contributed by atoms with van der Waals surface area (Å²) in [6.07, 6.45) is 1.71. The van der Waals surface area contributed by atoms with Crippen LogP contribution in [0.4, 0.5) is 10.1 Å². The second-order valence-corrected chi connectivity index (χ2v) is 4.06. The van der Waals surface area contributed by atoms with Gasteiger partial charge >= 0.3 is 0 Å². The van der Waals surface area contributed by atoms with Crippen LogP contribution in [0.3, 0.4) is 0 Å². The molecule has 0 aliphatic rings. The number of alkyl halides is 1. The van der Waals surface area contributed by atoms with Crippen molar-refractivity contribution in [3.63, 3.8) is 0 Å². The molecule has 0 heterocycles. The number of benzene rings is 1. The van der Waals surface area contributed by atoms with Crippen LogP contribution in [0.1, 0.15) is 25.3 Å². The highest BCUT2D eigenvalue weighted by Gasteiger charge is 2.04. The fraction of sp³-hybridized carbons (Fsp3) is 0.538. The molecule has 2 nitrogen and oxygen atoms in total. The third-order valence-corrected chi connectivity index (χ3v) is 2.51. The molecule has 0 atom stereocenters. The van der Waals surface area contributed by atoms with Crippen molar-refractivity contribution in [1.29, 1.82) is 0 Å². The van der Waals surface area contributed by atoms with Gasteiger partial charge in [0.25, 0.3) is 0 Å². The van der Waals surface area contributed by atoms with Crippen molar-refractivity contribution in [2.24, 2.45) is 0 Å². The number of hydrogen-bond donors (Lipinski definition) is 1. The highest BCUT2D eigenvalue weighted by Crippen LogP contribution is 2.10. The number of nitrogen functional groups attached to an aromatic ring is 1. The average Bonchev–Trinajstić information content (AvgIpc) is 2.26. The van der Waals surface area contributed by atoms with E-state index in [2.05, 4.69) is 17.9 Å². The van der Waals surface area contributed by atoms with E-state index in [0.717, 1.165) is 31.7 Å². The predicted octanol–water partition coefficient (Wildman–Crippen LogP) is 2.84. The quantitative estimate of drug-likeness (QED) is 0.722. The third kappa shape index (κ3) is 4.62. The Morgan fingerprint density at radius 1 is 1.31 bits per heavy atom. The Morgan fingerprint density at radius 3 is 2.75 bits per heavy atom. The SMILES string of the molecule is CCCN(CCCF)Cc1cccc(N)c1. The Bertz CT molecular complexity index is 302. The van der Waals surface area contributed by atoms with Gasteiger partial charge in [-0.15, -0.1) is 0 Å². The molecule has 0 bridgehead atoms. The molecule has 0 saturated carbocycles. The van der Waals surface area contributed by atoms with E-state index in [9.17, 15) is 4.39 Å². The summed E-state index contributed by atoms with van der Waals surface area (Å²) in [6, 6.07) is 7.89. The molecule has 0 spiro atoms. The van der Waals surface area contributed by atoms with Gasteiger partial charge in [-0.05, 0) is 37.1 Å². The highest BCUT2D eigenvalue weighted by atomic mass is 19.1. The molecule has 0 amide bonds. The molecule has 2 N–H and O–H groups in total. The maximum absolute atomic E-state index is 12.2. The van der Waals surface area contributed by atoms with E-state index < -0.39 is 0 Å². The normalized spacial score (nSPS) is 10.9. The lowest BCUT2D eigenvalue weighted by Crippen LogP contribution is -2.25. The minimum absolute atomic E-state index is 0.239. The van der Waals surface area contributed by atoms with Crippen molar-refractivity contribution in [2.45, 2.75) is 26.3 Å². The highest BCUT2D eigenvalue weighted by molar-refractivity contribution is 5.40. The summed E-state index contributed by atoms with van der Waals surface area (Å²) >= 11 is 0. The van der Waals surface area contributed by atoms with E-state index in [-0.39, 0.29) is 6.67 Å². The van der Waals surface area contributed by atoms with Gasteiger partial charge in [0, 0.05) is 18.8 Å². The summed E-state index contributed by atoms with van der Waals surface area (Å²) in [5, 5.41) is 0. The van der Waals surface area contributed by atoms with E-state index in [0.29, 0.717) is 6.42 Å². The smallest absolute Gasteiger partial charge is 0.0906 e. The van der Waals surface area contributed by atoms with Crippen molar-refractivity contribution in [2.75, 3.05) is 25.5 Å². The van der Waals surface area contributed by atoms with Crippen molar-refractivity contribution in [3.05, 3.63) is 29.8 Å². The topological polar surface area (TPSA) is 29.3 Å². The third-order valence-electron chi connectivity index (χ3n) is 2.51. The molecule has 1 aromatic carbocycles. The lowest BCUT2D eigenvalue weighted by molar-refractivity contribution is 0.251. The summed E-state index contributed by atoms with van der Waals surface area (Å²) in [6.45, 7) is 4.59. The second-order valence-electron chi connectivity index (χ2n) is 4.06. The summed E-state index contributed by atoms with van der Waals surface area (Å²) < 4.78 is 12.2. The minimum atomic E-state index is -0.239. The molecule has 0 fully saturated rings. The maximum Gasteiger partial charge on any atom is 0.0906 e. The molecule has 0 unspecified atom stereocenters. The molecule has 1 rings (SSSR count). The van der Waals surface area contributed by atoms with Gasteiger partial charge < -0.3 is 5.73 Å². The number of nitrogens with zero attached hydrogens (tertiary/aromatic N) is 1. The van der Waals surface area contributed by atoms with Crippen LogP contribution in [0.5, 0.6) is 0 Å². The number of anilines is 1. The zero-order chi connectivity index (χ0) is 11.8. The Kier molecular flexibility index (Phi) is 5.86. The molecule has 0 aliphatic heterocycles. The summed E-state index contributed by atoms with van der Waals surface area (Å²) in [5.41, 5.74) is 7.72. The van der Waals surface area contributed by atoms with Gasteiger partial charge in [0.1, 0.15) is 0 Å². The number of nitrogens with two attached hydrogens (primary N) is 1. The molecule has 90 valence electrons. The lowest BCUT2D eigenvalue weighted by atomic mass is 10.2. The van der Waals surface area contributed by atoms with Crippen molar-refractivity contribution in [1.82, 2.24) is 4.90 Å². The largest absolute Gasteiger partial charge is 0.399 e. The fourth-order valence-electron chi connectivity index (χ4n) is 1.82. The van der Waals surface area contributed by atoms with Gasteiger partial charge in [-0.25, -0.2) is 0 Å². The van der Waals surface area contributed by atoms with Crippen molar-refractivity contribution < 1.29 is 4.39 Å². The van der Waals surface area contributed by atoms with E-state index in [1.165, 1.54) is 5.56 Å². The monoisotopic (exact) mass is 224 g/mol. The molecule has 0 aromatic heterocycles. The molecule has 0 aliphatic carbocycles. The summed E-state index contributed by atoms with van der Waals surface area (Å²) in [4.78, 5) is 2.27. The molecule has 0 saturated heterocycles. The first-order valence-electron chi connectivity index (χ1n) is 5.89. The van der Waals surface area contributed by atoms with E-state index in [4.69, 9.17) is 5.73 Å². The maximum atomic E-state index is 12.2. The first-order chi connectivity index (χ1) is 7.76. The number of hydrogen-bond acceptors (Lipinski definition) is 2. The minimum Gasteiger partial charge on any atom is -0.399 e. The predicted molar refractivity (Wildman–Crippen MR) is 67.0 cm³/mol. The van der Waals surface area contributed by atoms with Gasteiger partial charge in [0.2, 0.25) is 0 Å². The van der Waals surface area contributed by atoms with E-state index in [1.54, 1.807) is 0 Å². The summed E-state index contributed by atoms with van der Waals surface area (Å²) in [7, 11) is 0. The zero-order valence-corrected chi connectivity index (χ0v) is 9.95. The van der Waals surface area contributed by atoms with Crippen LogP contribution in [0.15, 0.2) is 24.3 Å². The Balaban J connectivity index is 2.52. The number of rotatable bonds is 7.